The van der Waals surface area contributed by atoms with E-state index in [2.05, 4.69) is 45.3 Å². The van der Waals surface area contributed by atoms with Gasteiger partial charge in [-0.15, -0.1) is 0 Å². The summed E-state index contributed by atoms with van der Waals surface area (Å²) >= 11 is 0. The maximum absolute atomic E-state index is 13.0. The lowest BCUT2D eigenvalue weighted by Crippen LogP contribution is -2.40. The third kappa shape index (κ3) is 6.36. The Morgan fingerprint density at radius 2 is 1.72 bits per heavy atom. The topological polar surface area (TPSA) is 144 Å². The summed E-state index contributed by atoms with van der Waals surface area (Å²) in [6, 6.07) is 14.6. The van der Waals surface area contributed by atoms with E-state index in [4.69, 9.17) is 20.4 Å². The quantitative estimate of drug-likeness (QED) is 0.274. The zero-order valence-corrected chi connectivity index (χ0v) is 26.5. The first-order valence-corrected chi connectivity index (χ1v) is 15.9. The highest BCUT2D eigenvalue weighted by molar-refractivity contribution is 5.94. The lowest BCUT2D eigenvalue weighted by molar-refractivity contribution is -0.120. The molecule has 12 nitrogen and oxygen atoms in total. The molecule has 3 aromatic heterocycles. The highest BCUT2D eigenvalue weighted by Gasteiger charge is 2.26. The molecule has 3 N–H and O–H groups in total. The van der Waals surface area contributed by atoms with Gasteiger partial charge in [0.05, 0.1) is 37.6 Å². The summed E-state index contributed by atoms with van der Waals surface area (Å²) in [4.78, 5) is 47.3. The van der Waals surface area contributed by atoms with Crippen LogP contribution in [0, 0.1) is 0 Å². The monoisotopic (exact) mass is 631 g/mol. The van der Waals surface area contributed by atoms with Crippen molar-refractivity contribution < 1.29 is 14.3 Å². The normalized spacial score (nSPS) is 16.3. The Morgan fingerprint density at radius 3 is 2.47 bits per heavy atom. The van der Waals surface area contributed by atoms with Gasteiger partial charge in [-0.3, -0.25) is 9.59 Å². The van der Waals surface area contributed by atoms with E-state index in [1.165, 1.54) is 5.56 Å². The second-order valence-corrected chi connectivity index (χ2v) is 12.1. The molecule has 2 aliphatic heterocycles. The molecule has 0 unspecified atom stereocenters. The number of hydrogen-bond donors (Lipinski definition) is 2. The Bertz CT molecular complexity index is 1930. The SMILES string of the molecule is CC(=O)N1c2ccc(-c3ccc(CC(=O)NCc4cn5cc(-c6cnc(N)nc6)nc(N6CCOCC6)c5n4)cc3)cc2CC[C@@H]1C. The first-order valence-electron chi connectivity index (χ1n) is 15.9. The number of carbonyl (C=O) groups is 2. The zero-order valence-electron chi connectivity index (χ0n) is 26.5. The Balaban J connectivity index is 1.03. The van der Waals surface area contributed by atoms with Crippen LogP contribution in [0.5, 0.6) is 0 Å². The van der Waals surface area contributed by atoms with Crippen molar-refractivity contribution in [3.63, 3.8) is 0 Å². The number of aryl methyl sites for hydroxylation is 1. The smallest absolute Gasteiger partial charge is 0.224 e. The van der Waals surface area contributed by atoms with E-state index in [-0.39, 0.29) is 36.8 Å². The predicted molar refractivity (Wildman–Crippen MR) is 180 cm³/mol. The minimum atomic E-state index is -0.0896. The fraction of sp³-hybridized carbons (Fsp3) is 0.314. The van der Waals surface area contributed by atoms with Crippen LogP contribution in [0.25, 0.3) is 28.0 Å². The number of benzene rings is 2. The molecular formula is C35H37N9O3. The summed E-state index contributed by atoms with van der Waals surface area (Å²) in [5.41, 5.74) is 13.8. The summed E-state index contributed by atoms with van der Waals surface area (Å²) < 4.78 is 7.49. The molecule has 240 valence electrons. The maximum Gasteiger partial charge on any atom is 0.224 e. The lowest BCUT2D eigenvalue weighted by atomic mass is 9.92. The third-order valence-electron chi connectivity index (χ3n) is 8.82. The molecule has 1 saturated heterocycles. The molecule has 1 fully saturated rings. The number of imidazole rings is 1. The third-order valence-corrected chi connectivity index (χ3v) is 8.82. The highest BCUT2D eigenvalue weighted by atomic mass is 16.5. The molecular weight excluding hydrogens is 594 g/mol. The number of rotatable bonds is 7. The molecule has 0 bridgehead atoms. The number of nitrogens with one attached hydrogen (secondary N) is 1. The average molecular weight is 632 g/mol. The number of nitrogen functional groups attached to an aromatic ring is 1. The molecule has 0 saturated carbocycles. The number of nitrogens with zero attached hydrogens (tertiary/aromatic N) is 7. The molecule has 0 radical (unpaired) electrons. The summed E-state index contributed by atoms with van der Waals surface area (Å²) in [5.74, 6) is 0.925. The van der Waals surface area contributed by atoms with Gasteiger partial charge in [0.15, 0.2) is 11.5 Å². The highest BCUT2D eigenvalue weighted by Crippen LogP contribution is 2.34. The number of fused-ring (bicyclic) bond motifs is 2. The van der Waals surface area contributed by atoms with Gasteiger partial charge in [-0.25, -0.2) is 19.9 Å². The van der Waals surface area contributed by atoms with Crippen LogP contribution in [-0.2, 0) is 33.7 Å². The van der Waals surface area contributed by atoms with Gasteiger partial charge in [-0.05, 0) is 54.2 Å². The van der Waals surface area contributed by atoms with E-state index in [9.17, 15) is 9.59 Å². The van der Waals surface area contributed by atoms with Crippen LogP contribution in [0.4, 0.5) is 17.5 Å². The van der Waals surface area contributed by atoms with Crippen molar-refractivity contribution in [1.82, 2.24) is 29.7 Å². The van der Waals surface area contributed by atoms with Crippen LogP contribution in [0.3, 0.4) is 0 Å². The lowest BCUT2D eigenvalue weighted by Gasteiger charge is -2.34. The number of ether oxygens (including phenoxy) is 1. The van der Waals surface area contributed by atoms with Crippen LogP contribution in [0.1, 0.15) is 37.1 Å². The van der Waals surface area contributed by atoms with Crippen molar-refractivity contribution in [3.05, 3.63) is 84.1 Å². The molecule has 0 aliphatic carbocycles. The second-order valence-electron chi connectivity index (χ2n) is 12.1. The number of hydrogen-bond acceptors (Lipinski definition) is 9. The van der Waals surface area contributed by atoms with E-state index < -0.39 is 0 Å². The van der Waals surface area contributed by atoms with Crippen LogP contribution >= 0.6 is 0 Å². The molecule has 7 rings (SSSR count). The fourth-order valence-electron chi connectivity index (χ4n) is 6.38. The van der Waals surface area contributed by atoms with Gasteiger partial charge in [0.1, 0.15) is 0 Å². The van der Waals surface area contributed by atoms with E-state index in [1.54, 1.807) is 19.3 Å². The van der Waals surface area contributed by atoms with Crippen LogP contribution < -0.4 is 20.9 Å². The van der Waals surface area contributed by atoms with Crippen LogP contribution in [-0.4, -0.2) is 68.5 Å². The second kappa shape index (κ2) is 12.8. The number of anilines is 3. The summed E-state index contributed by atoms with van der Waals surface area (Å²) in [5, 5.41) is 3.02. The molecule has 2 aliphatic rings. The van der Waals surface area contributed by atoms with Crippen molar-refractivity contribution in [2.24, 2.45) is 0 Å². The average Bonchev–Trinajstić information content (AvgIpc) is 3.51. The van der Waals surface area contributed by atoms with Gasteiger partial charge in [0.25, 0.3) is 0 Å². The molecule has 5 aromatic rings. The number of carbonyl (C=O) groups excluding carboxylic acids is 2. The minimum Gasteiger partial charge on any atom is -0.378 e. The van der Waals surface area contributed by atoms with E-state index >= 15 is 0 Å². The van der Waals surface area contributed by atoms with Crippen molar-refractivity contribution >= 4 is 34.9 Å². The number of aromatic nitrogens is 5. The minimum absolute atomic E-state index is 0.0730. The Kier molecular flexibility index (Phi) is 8.25. The van der Waals surface area contributed by atoms with Crippen molar-refractivity contribution in [1.29, 1.82) is 0 Å². The number of nitrogens with two attached hydrogens (primary N) is 1. The molecule has 1 atom stereocenters. The van der Waals surface area contributed by atoms with Crippen molar-refractivity contribution in [3.8, 4) is 22.4 Å². The standard InChI is InChI=1S/C35H37N9O3/c1-22-3-6-27-16-26(9-10-31(27)44(22)23(2)45)25-7-4-24(5-8-25)15-32(46)37-19-29-20-43-21-30(28-17-38-35(36)39-18-28)41-34(33(43)40-29)42-11-13-47-14-12-42/h4-5,7-10,16-18,20-22H,3,6,11-15,19H2,1-2H3,(H,37,46)(H2,36,38,39)/t22-/m0/s1. The Morgan fingerprint density at radius 1 is 0.979 bits per heavy atom. The first-order chi connectivity index (χ1) is 22.8. The van der Waals surface area contributed by atoms with E-state index in [0.717, 1.165) is 52.3 Å². The van der Waals surface area contributed by atoms with Crippen LogP contribution in [0.15, 0.2) is 67.3 Å². The van der Waals surface area contributed by atoms with Gasteiger partial charge in [-0.2, -0.15) is 0 Å². The molecule has 47 heavy (non-hydrogen) atoms. The van der Waals surface area contributed by atoms with Gasteiger partial charge in [-0.1, -0.05) is 30.3 Å². The Hall–Kier alpha value is -5.36. The van der Waals surface area contributed by atoms with Gasteiger partial charge in [0, 0.05) is 62.1 Å². The molecule has 12 heteroatoms. The Labute approximate surface area is 272 Å². The first kappa shape index (κ1) is 30.3. The van der Waals surface area contributed by atoms with Gasteiger partial charge < -0.3 is 30.0 Å². The predicted octanol–water partition coefficient (Wildman–Crippen LogP) is 3.82. The number of morpholine rings is 1. The number of amides is 2. The molecule has 2 aromatic carbocycles. The fourth-order valence-corrected chi connectivity index (χ4v) is 6.38. The largest absolute Gasteiger partial charge is 0.378 e. The summed E-state index contributed by atoms with van der Waals surface area (Å²) in [6.07, 6.45) is 9.25. The van der Waals surface area contributed by atoms with E-state index in [0.29, 0.717) is 37.6 Å². The molecule has 0 spiro atoms. The summed E-state index contributed by atoms with van der Waals surface area (Å²) in [7, 11) is 0. The van der Waals surface area contributed by atoms with Gasteiger partial charge >= 0.3 is 0 Å². The van der Waals surface area contributed by atoms with Crippen LogP contribution in [0.2, 0.25) is 0 Å². The van der Waals surface area contributed by atoms with Gasteiger partial charge in [0.2, 0.25) is 17.8 Å². The van der Waals surface area contributed by atoms with Crippen molar-refractivity contribution in [2.45, 2.75) is 45.7 Å². The summed E-state index contributed by atoms with van der Waals surface area (Å²) in [6.45, 7) is 6.63. The zero-order chi connectivity index (χ0) is 32.5. The van der Waals surface area contributed by atoms with E-state index in [1.807, 2.05) is 46.0 Å². The maximum atomic E-state index is 13.0. The van der Waals surface area contributed by atoms with Crippen molar-refractivity contribution in [2.75, 3.05) is 41.8 Å². The molecule has 2 amide bonds. The molecule has 5 heterocycles.